The zero-order valence-corrected chi connectivity index (χ0v) is 15.7. The molecule has 0 aliphatic carbocycles. The molecular formula is C22H20N2O5. The van der Waals surface area contributed by atoms with Crippen LogP contribution >= 0.6 is 0 Å². The van der Waals surface area contributed by atoms with Crippen LogP contribution in [0.3, 0.4) is 0 Å². The molecule has 0 atom stereocenters. The molecule has 2 aromatic carbocycles. The maximum absolute atomic E-state index is 12.2. The van der Waals surface area contributed by atoms with Crippen molar-refractivity contribution < 1.29 is 23.9 Å². The van der Waals surface area contributed by atoms with Gasteiger partial charge in [0.2, 0.25) is 5.91 Å². The number of rotatable bonds is 5. The van der Waals surface area contributed by atoms with Crippen molar-refractivity contribution in [1.82, 2.24) is 0 Å². The summed E-state index contributed by atoms with van der Waals surface area (Å²) in [6.45, 7) is 0.420. The van der Waals surface area contributed by atoms with E-state index >= 15 is 0 Å². The number of ether oxygens (including phenoxy) is 2. The third-order valence-corrected chi connectivity index (χ3v) is 4.76. The van der Waals surface area contributed by atoms with Crippen LogP contribution in [0.4, 0.5) is 11.4 Å². The van der Waals surface area contributed by atoms with Crippen molar-refractivity contribution >= 4 is 35.2 Å². The zero-order valence-electron chi connectivity index (χ0n) is 15.7. The minimum absolute atomic E-state index is 0.105. The van der Waals surface area contributed by atoms with E-state index in [1.165, 1.54) is 0 Å². The number of carbonyl (C=O) groups is 3. The number of fused-ring (bicyclic) bond motifs is 1. The van der Waals surface area contributed by atoms with E-state index in [1.54, 1.807) is 35.2 Å². The van der Waals surface area contributed by atoms with Gasteiger partial charge in [-0.15, -0.1) is 0 Å². The second kappa shape index (κ2) is 8.18. The van der Waals surface area contributed by atoms with Crippen LogP contribution in [-0.2, 0) is 19.1 Å². The van der Waals surface area contributed by atoms with E-state index in [9.17, 15) is 14.4 Å². The summed E-state index contributed by atoms with van der Waals surface area (Å²) in [5.74, 6) is -0.211. The smallest absolute Gasteiger partial charge is 0.338 e. The minimum atomic E-state index is -0.586. The molecule has 2 heterocycles. The molecule has 0 unspecified atom stereocenters. The molecule has 0 saturated carbocycles. The topological polar surface area (TPSA) is 84.9 Å². The van der Waals surface area contributed by atoms with Crippen molar-refractivity contribution in [2.24, 2.45) is 0 Å². The van der Waals surface area contributed by atoms with E-state index in [2.05, 4.69) is 5.32 Å². The Kier molecular flexibility index (Phi) is 5.29. The number of nitrogens with one attached hydrogen (secondary N) is 1. The highest BCUT2D eigenvalue weighted by molar-refractivity contribution is 5.99. The lowest BCUT2D eigenvalue weighted by Crippen LogP contribution is -2.24. The van der Waals surface area contributed by atoms with Gasteiger partial charge in [0.1, 0.15) is 12.4 Å². The molecule has 2 aliphatic heterocycles. The number of anilines is 2. The number of hydrogen-bond acceptors (Lipinski definition) is 5. The number of nitrogens with zero attached hydrogens (tertiary/aromatic N) is 1. The average molecular weight is 392 g/mol. The first kappa shape index (κ1) is 18.7. The number of carbonyl (C=O) groups excluding carboxylic acids is 3. The van der Waals surface area contributed by atoms with Gasteiger partial charge < -0.3 is 19.7 Å². The summed E-state index contributed by atoms with van der Waals surface area (Å²) >= 11 is 0. The zero-order chi connectivity index (χ0) is 20.2. The molecule has 29 heavy (non-hydrogen) atoms. The lowest BCUT2D eigenvalue weighted by Gasteiger charge is -2.17. The molecule has 1 fully saturated rings. The molecule has 4 rings (SSSR count). The Labute approximate surface area is 167 Å². The fourth-order valence-electron chi connectivity index (χ4n) is 3.30. The second-order valence-corrected chi connectivity index (χ2v) is 6.82. The van der Waals surface area contributed by atoms with Crippen molar-refractivity contribution in [2.75, 3.05) is 30.0 Å². The average Bonchev–Trinajstić information content (AvgIpc) is 3.18. The first-order valence-electron chi connectivity index (χ1n) is 9.40. The monoisotopic (exact) mass is 392 g/mol. The standard InChI is InChI=1S/C22H20N2O5/c25-20(23-17-7-9-18(10-8-17)24-11-3-6-21(24)26)14-29-22(27)16-12-15-4-1-2-5-19(15)28-13-16/h1-2,4-5,7-10,12H,3,6,11,13-14H2,(H,23,25). The number of hydrogen-bond donors (Lipinski definition) is 1. The van der Waals surface area contributed by atoms with Crippen LogP contribution in [0.1, 0.15) is 18.4 Å². The lowest BCUT2D eigenvalue weighted by molar-refractivity contribution is -0.143. The molecule has 7 heteroatoms. The molecule has 0 aromatic heterocycles. The van der Waals surface area contributed by atoms with Crippen LogP contribution < -0.4 is 15.0 Å². The van der Waals surface area contributed by atoms with Crippen LogP contribution in [0.2, 0.25) is 0 Å². The van der Waals surface area contributed by atoms with Crippen LogP contribution in [0.15, 0.2) is 54.1 Å². The third kappa shape index (κ3) is 4.29. The fourth-order valence-corrected chi connectivity index (χ4v) is 3.30. The first-order valence-corrected chi connectivity index (χ1v) is 9.40. The molecule has 1 N–H and O–H groups in total. The third-order valence-electron chi connectivity index (χ3n) is 4.76. The molecule has 0 spiro atoms. The van der Waals surface area contributed by atoms with Gasteiger partial charge in [-0.3, -0.25) is 9.59 Å². The van der Waals surface area contributed by atoms with Gasteiger partial charge in [-0.1, -0.05) is 18.2 Å². The predicted molar refractivity (Wildman–Crippen MR) is 108 cm³/mol. The van der Waals surface area contributed by atoms with Gasteiger partial charge in [-0.05, 0) is 42.8 Å². The summed E-state index contributed by atoms with van der Waals surface area (Å²) in [5, 5.41) is 2.67. The van der Waals surface area contributed by atoms with Crippen LogP contribution in [0.5, 0.6) is 5.75 Å². The number of esters is 1. The Morgan fingerprint density at radius 2 is 1.90 bits per heavy atom. The SMILES string of the molecule is O=C(COC(=O)C1=Cc2ccccc2OC1)Nc1ccc(N2CCCC2=O)cc1. The van der Waals surface area contributed by atoms with Crippen molar-refractivity contribution in [1.29, 1.82) is 0 Å². The van der Waals surface area contributed by atoms with E-state index in [0.29, 0.717) is 30.0 Å². The van der Waals surface area contributed by atoms with E-state index in [-0.39, 0.29) is 12.5 Å². The maximum Gasteiger partial charge on any atom is 0.338 e. The van der Waals surface area contributed by atoms with Crippen LogP contribution in [0, 0.1) is 0 Å². The summed E-state index contributed by atoms with van der Waals surface area (Å²) < 4.78 is 10.6. The Morgan fingerprint density at radius 1 is 1.10 bits per heavy atom. The van der Waals surface area contributed by atoms with Crippen molar-refractivity contribution in [2.45, 2.75) is 12.8 Å². The molecule has 1 saturated heterocycles. The van der Waals surface area contributed by atoms with Crippen molar-refractivity contribution in [3.05, 3.63) is 59.7 Å². The van der Waals surface area contributed by atoms with Gasteiger partial charge in [0.05, 0.1) is 5.57 Å². The molecule has 0 bridgehead atoms. The van der Waals surface area contributed by atoms with Crippen molar-refractivity contribution in [3.63, 3.8) is 0 Å². The molecule has 148 valence electrons. The molecule has 7 nitrogen and oxygen atoms in total. The van der Waals surface area contributed by atoms with E-state index in [1.807, 2.05) is 24.3 Å². The summed E-state index contributed by atoms with van der Waals surface area (Å²) in [7, 11) is 0. The van der Waals surface area contributed by atoms with Gasteiger partial charge in [0, 0.05) is 29.9 Å². The summed E-state index contributed by atoms with van der Waals surface area (Å²) in [6, 6.07) is 14.4. The van der Waals surface area contributed by atoms with E-state index in [4.69, 9.17) is 9.47 Å². The summed E-state index contributed by atoms with van der Waals surface area (Å²) in [6.07, 6.45) is 3.13. The largest absolute Gasteiger partial charge is 0.488 e. The highest BCUT2D eigenvalue weighted by atomic mass is 16.5. The van der Waals surface area contributed by atoms with Gasteiger partial charge in [-0.25, -0.2) is 4.79 Å². The fraction of sp³-hybridized carbons (Fsp3) is 0.227. The number of amides is 2. The lowest BCUT2D eigenvalue weighted by atomic mass is 10.1. The summed E-state index contributed by atoms with van der Waals surface area (Å²) in [5.41, 5.74) is 2.53. The first-order chi connectivity index (χ1) is 14.1. The van der Waals surface area contributed by atoms with E-state index in [0.717, 1.165) is 17.7 Å². The molecular weight excluding hydrogens is 372 g/mol. The van der Waals surface area contributed by atoms with Gasteiger partial charge in [-0.2, -0.15) is 0 Å². The molecule has 0 radical (unpaired) electrons. The van der Waals surface area contributed by atoms with Crippen LogP contribution in [0.25, 0.3) is 6.08 Å². The molecule has 2 amide bonds. The predicted octanol–water partition coefficient (Wildman–Crippen LogP) is 2.77. The maximum atomic E-state index is 12.2. The Bertz CT molecular complexity index is 981. The van der Waals surface area contributed by atoms with Crippen LogP contribution in [-0.4, -0.2) is 37.5 Å². The molecule has 2 aromatic rings. The van der Waals surface area contributed by atoms with Gasteiger partial charge >= 0.3 is 5.97 Å². The highest BCUT2D eigenvalue weighted by Crippen LogP contribution is 2.26. The quantitative estimate of drug-likeness (QED) is 0.791. The second-order valence-electron chi connectivity index (χ2n) is 6.82. The Balaban J connectivity index is 1.29. The number of para-hydroxylation sites is 1. The Hall–Kier alpha value is -3.61. The van der Waals surface area contributed by atoms with Crippen molar-refractivity contribution in [3.8, 4) is 5.75 Å². The summed E-state index contributed by atoms with van der Waals surface area (Å²) in [4.78, 5) is 37.8. The van der Waals surface area contributed by atoms with E-state index < -0.39 is 18.5 Å². The Morgan fingerprint density at radius 3 is 2.66 bits per heavy atom. The number of benzene rings is 2. The normalized spacial score (nSPS) is 15.2. The highest BCUT2D eigenvalue weighted by Gasteiger charge is 2.22. The van der Waals surface area contributed by atoms with Gasteiger partial charge in [0.15, 0.2) is 6.61 Å². The van der Waals surface area contributed by atoms with Gasteiger partial charge in [0.25, 0.3) is 5.91 Å². The minimum Gasteiger partial charge on any atom is -0.488 e. The molecule has 2 aliphatic rings.